The first-order valence-electron chi connectivity index (χ1n) is 11.4. The zero-order valence-electron chi connectivity index (χ0n) is 20.2. The Labute approximate surface area is 233 Å². The van der Waals surface area contributed by atoms with Crippen LogP contribution in [0.3, 0.4) is 0 Å². The fourth-order valence-corrected chi connectivity index (χ4v) is 5.27. The van der Waals surface area contributed by atoms with Gasteiger partial charge in [-0.05, 0) is 84.0 Å². The summed E-state index contributed by atoms with van der Waals surface area (Å²) in [6.45, 7) is 0. The van der Waals surface area contributed by atoms with Gasteiger partial charge in [0.1, 0.15) is 0 Å². The van der Waals surface area contributed by atoms with Gasteiger partial charge in [0.2, 0.25) is 0 Å². The lowest BCUT2D eigenvalue weighted by Crippen LogP contribution is -2.04. The summed E-state index contributed by atoms with van der Waals surface area (Å²) in [5.41, 5.74) is -0.328. The van der Waals surface area contributed by atoms with Crippen molar-refractivity contribution in [2.45, 2.75) is 12.4 Å². The van der Waals surface area contributed by atoms with Crippen LogP contribution in [0.15, 0.2) is 72.8 Å². The highest BCUT2D eigenvalue weighted by Gasteiger charge is 2.30. The maximum Gasteiger partial charge on any atom is 0.416 e. The van der Waals surface area contributed by atoms with E-state index in [1.165, 1.54) is 46.9 Å². The van der Waals surface area contributed by atoms with E-state index in [9.17, 15) is 36.9 Å². The van der Waals surface area contributed by atoms with Crippen LogP contribution in [0.1, 0.15) is 41.8 Å². The zero-order chi connectivity index (χ0) is 28.9. The summed E-state index contributed by atoms with van der Waals surface area (Å²) in [4.78, 5) is 3.26. The van der Waals surface area contributed by atoms with Gasteiger partial charge < -0.3 is 0 Å². The predicted molar refractivity (Wildman–Crippen MR) is 147 cm³/mol. The molecule has 0 saturated heterocycles. The molecule has 0 amide bonds. The number of thiophene rings is 2. The Morgan fingerprint density at radius 2 is 0.850 bits per heavy atom. The molecule has 40 heavy (non-hydrogen) atoms. The van der Waals surface area contributed by atoms with Crippen LogP contribution >= 0.6 is 22.7 Å². The van der Waals surface area contributed by atoms with Crippen LogP contribution < -0.4 is 0 Å². The minimum Gasteiger partial charge on any atom is -0.192 e. The molecule has 0 aliphatic rings. The van der Waals surface area contributed by atoms with E-state index in [0.717, 1.165) is 43.8 Å². The molecule has 0 N–H and O–H groups in total. The van der Waals surface area contributed by atoms with Gasteiger partial charge >= 0.3 is 12.4 Å². The van der Waals surface area contributed by atoms with Gasteiger partial charge in [-0.15, -0.1) is 22.7 Å². The highest BCUT2D eigenvalue weighted by atomic mass is 32.1. The van der Waals surface area contributed by atoms with Crippen LogP contribution in [0.4, 0.5) is 26.3 Å². The van der Waals surface area contributed by atoms with E-state index in [1.807, 2.05) is 36.4 Å². The molecule has 0 bridgehead atoms. The lowest BCUT2D eigenvalue weighted by atomic mass is 10.0. The van der Waals surface area contributed by atoms with Crippen molar-refractivity contribution in [3.05, 3.63) is 115 Å². The number of allylic oxidation sites excluding steroid dienone is 2. The van der Waals surface area contributed by atoms with E-state index in [1.54, 1.807) is 24.3 Å². The molecular formula is C30H16F6N2S2. The average Bonchev–Trinajstić information content (AvgIpc) is 3.57. The van der Waals surface area contributed by atoms with Crippen molar-refractivity contribution in [1.29, 1.82) is 10.5 Å². The molecule has 4 aromatic rings. The molecule has 0 atom stereocenters. The van der Waals surface area contributed by atoms with Gasteiger partial charge in [-0.1, -0.05) is 24.3 Å². The number of rotatable bonds is 6. The van der Waals surface area contributed by atoms with Crippen molar-refractivity contribution in [3.8, 4) is 12.1 Å². The molecule has 0 unspecified atom stereocenters. The SMILES string of the molecule is N#C/C(=C\c1ccc(/C=C/c2ccc(/C=C(\C#N)c3ccc(C(F)(F)F)cc3)s2)s1)c1ccc(C(F)(F)F)cc1. The van der Waals surface area contributed by atoms with E-state index >= 15 is 0 Å². The molecule has 0 spiro atoms. The van der Waals surface area contributed by atoms with E-state index < -0.39 is 23.5 Å². The van der Waals surface area contributed by atoms with E-state index in [4.69, 9.17) is 0 Å². The van der Waals surface area contributed by atoms with Gasteiger partial charge in [0.15, 0.2) is 0 Å². The van der Waals surface area contributed by atoms with Gasteiger partial charge in [-0.25, -0.2) is 0 Å². The Bertz CT molecular complexity index is 1540. The Morgan fingerprint density at radius 3 is 1.15 bits per heavy atom. The van der Waals surface area contributed by atoms with Crippen LogP contribution in [0.25, 0.3) is 35.5 Å². The summed E-state index contributed by atoms with van der Waals surface area (Å²) < 4.78 is 76.8. The molecule has 0 aliphatic carbocycles. The smallest absolute Gasteiger partial charge is 0.192 e. The Kier molecular flexibility index (Phi) is 8.43. The second-order valence-electron chi connectivity index (χ2n) is 8.30. The average molecular weight is 583 g/mol. The van der Waals surface area contributed by atoms with Crippen LogP contribution in [-0.2, 0) is 12.4 Å². The molecule has 4 rings (SSSR count). The predicted octanol–water partition coefficient (Wildman–Crippen LogP) is 10.1. The third kappa shape index (κ3) is 7.17. The Balaban J connectivity index is 1.46. The quantitative estimate of drug-likeness (QED) is 0.168. The van der Waals surface area contributed by atoms with Gasteiger partial charge in [0.05, 0.1) is 34.4 Å². The van der Waals surface area contributed by atoms with Crippen molar-refractivity contribution in [2.75, 3.05) is 0 Å². The normalized spacial score (nSPS) is 12.9. The molecule has 200 valence electrons. The molecule has 0 saturated carbocycles. The number of benzene rings is 2. The molecule has 0 aliphatic heterocycles. The van der Waals surface area contributed by atoms with Gasteiger partial charge in [0.25, 0.3) is 0 Å². The van der Waals surface area contributed by atoms with Gasteiger partial charge in [-0.2, -0.15) is 36.9 Å². The van der Waals surface area contributed by atoms with Crippen molar-refractivity contribution in [3.63, 3.8) is 0 Å². The standard InChI is InChI=1S/C30H16F6N2S2/c31-29(32,33)23-5-1-19(2-6-23)21(17-37)15-27-13-11-25(39-27)9-10-26-12-14-28(40-26)16-22(18-38)20-3-7-24(8-4-20)30(34,35)36/h1-16H/b10-9+,21-15+,22-16+. The van der Waals surface area contributed by atoms with Crippen LogP contribution in [-0.4, -0.2) is 0 Å². The third-order valence-corrected chi connectivity index (χ3v) is 7.56. The molecule has 0 fully saturated rings. The Morgan fingerprint density at radius 1 is 0.525 bits per heavy atom. The number of halogens is 6. The van der Waals surface area contributed by atoms with E-state index in [2.05, 4.69) is 0 Å². The van der Waals surface area contributed by atoms with E-state index in [-0.39, 0.29) is 11.1 Å². The third-order valence-electron chi connectivity index (χ3n) is 5.57. The van der Waals surface area contributed by atoms with E-state index in [0.29, 0.717) is 11.1 Å². The maximum atomic E-state index is 12.8. The summed E-state index contributed by atoms with van der Waals surface area (Å²) in [7, 11) is 0. The van der Waals surface area contributed by atoms with Crippen LogP contribution in [0, 0.1) is 22.7 Å². The highest BCUT2D eigenvalue weighted by Crippen LogP contribution is 2.32. The summed E-state index contributed by atoms with van der Waals surface area (Å²) >= 11 is 2.79. The number of nitrogens with zero attached hydrogens (tertiary/aromatic N) is 2. The second kappa shape index (κ2) is 11.8. The molecule has 0 radical (unpaired) electrons. The van der Waals surface area contributed by atoms with Crippen molar-refractivity contribution >= 4 is 58.1 Å². The number of hydrogen-bond donors (Lipinski definition) is 0. The number of nitriles is 2. The minimum atomic E-state index is -4.45. The molecule has 2 aromatic heterocycles. The number of hydrogen-bond acceptors (Lipinski definition) is 4. The van der Waals surface area contributed by atoms with Crippen molar-refractivity contribution < 1.29 is 26.3 Å². The summed E-state index contributed by atoms with van der Waals surface area (Å²) in [6.07, 6.45) is -1.94. The molecule has 2 aromatic carbocycles. The fraction of sp³-hybridized carbons (Fsp3) is 0.0667. The summed E-state index contributed by atoms with van der Waals surface area (Å²) in [6, 6.07) is 20.2. The fourth-order valence-electron chi connectivity index (χ4n) is 3.56. The lowest BCUT2D eigenvalue weighted by Gasteiger charge is -2.07. The summed E-state index contributed by atoms with van der Waals surface area (Å²) in [5, 5.41) is 19.0. The number of alkyl halides is 6. The maximum absolute atomic E-state index is 12.8. The monoisotopic (exact) mass is 582 g/mol. The zero-order valence-corrected chi connectivity index (χ0v) is 21.8. The van der Waals surface area contributed by atoms with Gasteiger partial charge in [-0.3, -0.25) is 0 Å². The lowest BCUT2D eigenvalue weighted by molar-refractivity contribution is -0.138. The second-order valence-corrected chi connectivity index (χ2v) is 10.6. The minimum absolute atomic E-state index is 0.238. The topological polar surface area (TPSA) is 47.6 Å². The first kappa shape index (κ1) is 28.6. The first-order valence-corrected chi connectivity index (χ1v) is 13.1. The summed E-state index contributed by atoms with van der Waals surface area (Å²) in [5.74, 6) is 0. The largest absolute Gasteiger partial charge is 0.416 e. The molecule has 2 nitrogen and oxygen atoms in total. The Hall–Kier alpha value is -4.38. The van der Waals surface area contributed by atoms with Gasteiger partial charge in [0, 0.05) is 19.5 Å². The van der Waals surface area contributed by atoms with Crippen LogP contribution in [0.5, 0.6) is 0 Å². The van der Waals surface area contributed by atoms with Crippen LogP contribution in [0.2, 0.25) is 0 Å². The first-order chi connectivity index (χ1) is 19.0. The highest BCUT2D eigenvalue weighted by molar-refractivity contribution is 7.14. The van der Waals surface area contributed by atoms with Crippen molar-refractivity contribution in [1.82, 2.24) is 0 Å². The molecule has 2 heterocycles. The molecule has 10 heteroatoms. The van der Waals surface area contributed by atoms with Crippen molar-refractivity contribution in [2.24, 2.45) is 0 Å². The molecular weight excluding hydrogens is 566 g/mol.